The summed E-state index contributed by atoms with van der Waals surface area (Å²) in [5.41, 5.74) is 8.52. The molecule has 0 amide bonds. The minimum atomic E-state index is -0.170. The van der Waals surface area contributed by atoms with E-state index in [9.17, 15) is 4.79 Å². The summed E-state index contributed by atoms with van der Waals surface area (Å²) >= 11 is 0. The molecular weight excluding hydrogens is 202 g/mol. The first-order chi connectivity index (χ1) is 7.61. The average molecular weight is 216 g/mol. The van der Waals surface area contributed by atoms with E-state index >= 15 is 0 Å². The Labute approximate surface area is 93.4 Å². The third kappa shape index (κ3) is 1.58. The molecule has 4 heteroatoms. The third-order valence-electron chi connectivity index (χ3n) is 2.71. The van der Waals surface area contributed by atoms with E-state index in [1.54, 1.807) is 17.0 Å². The minimum Gasteiger partial charge on any atom is -0.393 e. The van der Waals surface area contributed by atoms with Gasteiger partial charge >= 0.3 is 5.56 Å². The molecule has 4 nitrogen and oxygen atoms in total. The summed E-state index contributed by atoms with van der Waals surface area (Å²) in [5, 5.41) is 0. The number of nitrogen functional groups attached to an aromatic ring is 1. The molecule has 0 saturated carbocycles. The number of aryl methyl sites for hydroxylation is 1. The van der Waals surface area contributed by atoms with Crippen LogP contribution in [0.3, 0.4) is 0 Å². The molecule has 0 atom stereocenters. The van der Waals surface area contributed by atoms with Gasteiger partial charge in [-0.05, 0) is 19.4 Å². The second-order valence-electron chi connectivity index (χ2n) is 3.75. The largest absolute Gasteiger partial charge is 0.393 e. The van der Waals surface area contributed by atoms with Crippen molar-refractivity contribution >= 4 is 5.69 Å². The molecule has 0 aromatic carbocycles. The highest BCUT2D eigenvalue weighted by Gasteiger charge is 2.18. The van der Waals surface area contributed by atoms with Crippen LogP contribution < -0.4 is 15.9 Å². The van der Waals surface area contributed by atoms with Crippen LogP contribution in [0.2, 0.25) is 0 Å². The number of aromatic nitrogens is 2. The first-order valence-electron chi connectivity index (χ1n) is 5.07. The lowest BCUT2D eigenvalue weighted by atomic mass is 10.1. The van der Waals surface area contributed by atoms with Crippen LogP contribution in [0.1, 0.15) is 11.3 Å². The molecule has 0 unspecified atom stereocenters. The Hall–Kier alpha value is -2.10. The molecule has 0 aliphatic rings. The van der Waals surface area contributed by atoms with Crippen LogP contribution in [0, 0.1) is 13.8 Å². The Bertz CT molecular complexity index is 573. The topological polar surface area (TPSA) is 62.8 Å². The SMILES string of the molecule is Cc1[nH]c(=O)c(-[n+]2ccccc2)c(N)c1C. The van der Waals surface area contributed by atoms with Crippen molar-refractivity contribution in [3.05, 3.63) is 52.2 Å². The molecule has 0 aliphatic heterocycles. The van der Waals surface area contributed by atoms with Gasteiger partial charge in [-0.15, -0.1) is 0 Å². The van der Waals surface area contributed by atoms with Crippen molar-refractivity contribution in [1.82, 2.24) is 4.98 Å². The number of hydrogen-bond donors (Lipinski definition) is 2. The molecule has 0 bridgehead atoms. The van der Waals surface area contributed by atoms with Crippen molar-refractivity contribution in [2.75, 3.05) is 5.73 Å². The number of nitrogens with one attached hydrogen (secondary N) is 1. The van der Waals surface area contributed by atoms with E-state index in [-0.39, 0.29) is 5.56 Å². The highest BCUT2D eigenvalue weighted by atomic mass is 16.1. The Morgan fingerprint density at radius 2 is 1.81 bits per heavy atom. The lowest BCUT2D eigenvalue weighted by Gasteiger charge is -2.05. The van der Waals surface area contributed by atoms with Gasteiger partial charge in [0.05, 0.1) is 0 Å². The Morgan fingerprint density at radius 1 is 1.19 bits per heavy atom. The number of H-pyrrole nitrogens is 1. The van der Waals surface area contributed by atoms with E-state index in [1.807, 2.05) is 32.0 Å². The van der Waals surface area contributed by atoms with Gasteiger partial charge in [0.2, 0.25) is 0 Å². The van der Waals surface area contributed by atoms with E-state index in [4.69, 9.17) is 5.73 Å². The highest BCUT2D eigenvalue weighted by molar-refractivity contribution is 5.58. The maximum absolute atomic E-state index is 11.9. The van der Waals surface area contributed by atoms with E-state index in [0.717, 1.165) is 11.3 Å². The first-order valence-corrected chi connectivity index (χ1v) is 5.07. The molecule has 0 radical (unpaired) electrons. The van der Waals surface area contributed by atoms with E-state index in [0.29, 0.717) is 11.4 Å². The molecular formula is C12H14N3O+. The van der Waals surface area contributed by atoms with Crippen molar-refractivity contribution in [2.45, 2.75) is 13.8 Å². The summed E-state index contributed by atoms with van der Waals surface area (Å²) in [6.07, 6.45) is 3.60. The smallest absolute Gasteiger partial charge is 0.322 e. The Kier molecular flexibility index (Phi) is 2.48. The predicted molar refractivity (Wildman–Crippen MR) is 62.5 cm³/mol. The lowest BCUT2D eigenvalue weighted by molar-refractivity contribution is -0.596. The molecule has 82 valence electrons. The van der Waals surface area contributed by atoms with Gasteiger partial charge in [0.25, 0.3) is 5.69 Å². The van der Waals surface area contributed by atoms with Crippen LogP contribution in [-0.4, -0.2) is 4.98 Å². The van der Waals surface area contributed by atoms with Crippen LogP contribution >= 0.6 is 0 Å². The standard InChI is InChI=1S/C12H13N3O/c1-8-9(2)14-12(16)11(10(8)13)15-6-4-3-5-7-15/h3-7H,1-2H3,(H2-,13,14,16)/p+1. The highest BCUT2D eigenvalue weighted by Crippen LogP contribution is 2.14. The average Bonchev–Trinajstić information content (AvgIpc) is 2.28. The monoisotopic (exact) mass is 216 g/mol. The van der Waals surface area contributed by atoms with Crippen LogP contribution in [0.25, 0.3) is 5.69 Å². The molecule has 0 spiro atoms. The Morgan fingerprint density at radius 3 is 2.44 bits per heavy atom. The van der Waals surface area contributed by atoms with Crippen molar-refractivity contribution in [3.8, 4) is 5.69 Å². The fraction of sp³-hybridized carbons (Fsp3) is 0.167. The van der Waals surface area contributed by atoms with Crippen molar-refractivity contribution < 1.29 is 4.57 Å². The maximum atomic E-state index is 11.9. The molecule has 2 aromatic heterocycles. The van der Waals surface area contributed by atoms with E-state index in [2.05, 4.69) is 4.98 Å². The van der Waals surface area contributed by atoms with Gasteiger partial charge in [-0.25, -0.2) is 0 Å². The second-order valence-corrected chi connectivity index (χ2v) is 3.75. The number of nitrogens with two attached hydrogens (primary N) is 1. The number of pyridine rings is 2. The lowest BCUT2D eigenvalue weighted by Crippen LogP contribution is -2.38. The summed E-state index contributed by atoms with van der Waals surface area (Å²) in [4.78, 5) is 14.6. The molecule has 3 N–H and O–H groups in total. The molecule has 16 heavy (non-hydrogen) atoms. The number of rotatable bonds is 1. The second kappa shape index (κ2) is 3.81. The zero-order chi connectivity index (χ0) is 11.7. The zero-order valence-corrected chi connectivity index (χ0v) is 9.32. The van der Waals surface area contributed by atoms with Crippen LogP contribution in [-0.2, 0) is 0 Å². The number of hydrogen-bond acceptors (Lipinski definition) is 2. The van der Waals surface area contributed by atoms with Crippen LogP contribution in [0.15, 0.2) is 35.4 Å². The molecule has 2 rings (SSSR count). The van der Waals surface area contributed by atoms with Crippen molar-refractivity contribution in [3.63, 3.8) is 0 Å². The summed E-state index contributed by atoms with van der Waals surface area (Å²) in [7, 11) is 0. The quantitative estimate of drug-likeness (QED) is 0.694. The van der Waals surface area contributed by atoms with Crippen molar-refractivity contribution in [2.24, 2.45) is 0 Å². The summed E-state index contributed by atoms with van der Waals surface area (Å²) < 4.78 is 1.72. The van der Waals surface area contributed by atoms with Crippen LogP contribution in [0.5, 0.6) is 0 Å². The van der Waals surface area contributed by atoms with Gasteiger partial charge in [0, 0.05) is 17.8 Å². The Balaban J connectivity index is 2.76. The van der Waals surface area contributed by atoms with Crippen LogP contribution in [0.4, 0.5) is 5.69 Å². The molecule has 0 fully saturated rings. The number of anilines is 1. The summed E-state index contributed by atoms with van der Waals surface area (Å²) in [6.45, 7) is 3.74. The predicted octanol–water partition coefficient (Wildman–Crippen LogP) is 0.851. The molecule has 2 aromatic rings. The summed E-state index contributed by atoms with van der Waals surface area (Å²) in [6, 6.07) is 5.60. The third-order valence-corrected chi connectivity index (χ3v) is 2.71. The normalized spacial score (nSPS) is 10.4. The van der Waals surface area contributed by atoms with Gasteiger partial charge in [0.1, 0.15) is 5.69 Å². The van der Waals surface area contributed by atoms with Crippen molar-refractivity contribution in [1.29, 1.82) is 0 Å². The van der Waals surface area contributed by atoms with E-state index < -0.39 is 0 Å². The first kappa shape index (κ1) is 10.4. The summed E-state index contributed by atoms with van der Waals surface area (Å²) in [5.74, 6) is 0. The zero-order valence-electron chi connectivity index (χ0n) is 9.32. The molecule has 0 aliphatic carbocycles. The number of nitrogens with zero attached hydrogens (tertiary/aromatic N) is 1. The van der Waals surface area contributed by atoms with Gasteiger partial charge in [0.15, 0.2) is 12.4 Å². The van der Waals surface area contributed by atoms with Gasteiger partial charge in [-0.1, -0.05) is 6.07 Å². The van der Waals surface area contributed by atoms with Gasteiger partial charge < -0.3 is 10.7 Å². The molecule has 2 heterocycles. The van der Waals surface area contributed by atoms with E-state index in [1.165, 1.54) is 0 Å². The molecule has 0 saturated heterocycles. The maximum Gasteiger partial charge on any atom is 0.322 e. The van der Waals surface area contributed by atoms with Gasteiger partial charge in [-0.3, -0.25) is 4.79 Å². The fourth-order valence-corrected chi connectivity index (χ4v) is 1.63. The minimum absolute atomic E-state index is 0.170. The fourth-order valence-electron chi connectivity index (χ4n) is 1.63. The number of aromatic amines is 1. The van der Waals surface area contributed by atoms with Gasteiger partial charge in [-0.2, -0.15) is 4.57 Å².